The summed E-state index contributed by atoms with van der Waals surface area (Å²) >= 11 is 0. The van der Waals surface area contributed by atoms with Gasteiger partial charge in [0.15, 0.2) is 0 Å². The number of carbonyl (C=O) groups excluding carboxylic acids is 1. The molecule has 0 saturated heterocycles. The molecule has 3 aromatic carbocycles. The van der Waals surface area contributed by atoms with Gasteiger partial charge in [0.25, 0.3) is 0 Å². The topological polar surface area (TPSA) is 41.1 Å². The minimum Gasteiger partial charge on any atom is -0.324 e. The number of fused-ring (bicyclic) bond motifs is 1. The second-order valence-electron chi connectivity index (χ2n) is 7.51. The van der Waals surface area contributed by atoms with Gasteiger partial charge in [-0.1, -0.05) is 72.3 Å². The van der Waals surface area contributed by atoms with Crippen LogP contribution in [0.1, 0.15) is 47.2 Å². The van der Waals surface area contributed by atoms with Crippen molar-refractivity contribution in [3.05, 3.63) is 101 Å². The second-order valence-corrected chi connectivity index (χ2v) is 7.51. The van der Waals surface area contributed by atoms with Crippen molar-refractivity contribution < 1.29 is 4.79 Å². The number of carbonyl (C=O) groups is 1. The highest BCUT2D eigenvalue weighted by atomic mass is 16.2. The Labute approximate surface area is 166 Å². The second kappa shape index (κ2) is 8.41. The highest BCUT2D eigenvalue weighted by molar-refractivity contribution is 5.95. The van der Waals surface area contributed by atoms with E-state index in [1.807, 2.05) is 61.5 Å². The summed E-state index contributed by atoms with van der Waals surface area (Å²) in [6.45, 7) is 2.04. The third-order valence-electron chi connectivity index (χ3n) is 5.45. The Bertz CT molecular complexity index is 934. The average Bonchev–Trinajstić information content (AvgIpc) is 2.74. The molecule has 3 heteroatoms. The molecule has 0 unspecified atom stereocenters. The van der Waals surface area contributed by atoms with Crippen LogP contribution < -0.4 is 10.6 Å². The van der Waals surface area contributed by atoms with E-state index in [0.29, 0.717) is 0 Å². The summed E-state index contributed by atoms with van der Waals surface area (Å²) in [6.07, 6.45) is 3.29. The van der Waals surface area contributed by atoms with Crippen molar-refractivity contribution in [1.29, 1.82) is 0 Å². The summed E-state index contributed by atoms with van der Waals surface area (Å²) in [7, 11) is 0. The number of aryl methyl sites for hydroxylation is 2. The first-order valence-electron chi connectivity index (χ1n) is 9.97. The highest BCUT2D eigenvalue weighted by Gasteiger charge is 2.27. The van der Waals surface area contributed by atoms with E-state index < -0.39 is 6.04 Å². The van der Waals surface area contributed by atoms with Gasteiger partial charge in [-0.25, -0.2) is 0 Å². The number of amides is 1. The number of hydrogen-bond acceptors (Lipinski definition) is 2. The summed E-state index contributed by atoms with van der Waals surface area (Å²) in [5, 5.41) is 6.73. The van der Waals surface area contributed by atoms with Crippen LogP contribution in [0.25, 0.3) is 0 Å². The Morgan fingerprint density at radius 3 is 2.43 bits per heavy atom. The predicted octanol–water partition coefficient (Wildman–Crippen LogP) is 5.34. The van der Waals surface area contributed by atoms with Crippen molar-refractivity contribution in [3.8, 4) is 0 Å². The summed E-state index contributed by atoms with van der Waals surface area (Å²) in [4.78, 5) is 13.2. The highest BCUT2D eigenvalue weighted by Crippen LogP contribution is 2.32. The fourth-order valence-electron chi connectivity index (χ4n) is 3.95. The Hall–Kier alpha value is -2.91. The first-order valence-corrected chi connectivity index (χ1v) is 9.97. The van der Waals surface area contributed by atoms with Gasteiger partial charge in [-0.2, -0.15) is 0 Å². The fourth-order valence-corrected chi connectivity index (χ4v) is 3.95. The van der Waals surface area contributed by atoms with Gasteiger partial charge in [0.05, 0.1) is 0 Å². The van der Waals surface area contributed by atoms with E-state index in [9.17, 15) is 4.79 Å². The fraction of sp³-hybridized carbons (Fsp3) is 0.240. The smallest absolute Gasteiger partial charge is 0.246 e. The van der Waals surface area contributed by atoms with Crippen LogP contribution in [0.5, 0.6) is 0 Å². The van der Waals surface area contributed by atoms with E-state index in [1.165, 1.54) is 16.7 Å². The molecule has 28 heavy (non-hydrogen) atoms. The number of hydrogen-bond donors (Lipinski definition) is 2. The van der Waals surface area contributed by atoms with Crippen LogP contribution in [0, 0.1) is 6.92 Å². The van der Waals surface area contributed by atoms with Crippen molar-refractivity contribution in [2.24, 2.45) is 0 Å². The Morgan fingerprint density at radius 2 is 1.64 bits per heavy atom. The van der Waals surface area contributed by atoms with Crippen molar-refractivity contribution in [1.82, 2.24) is 5.32 Å². The van der Waals surface area contributed by atoms with E-state index in [2.05, 4.69) is 34.9 Å². The molecule has 0 heterocycles. The molecule has 3 nitrogen and oxygen atoms in total. The van der Waals surface area contributed by atoms with E-state index in [4.69, 9.17) is 0 Å². The van der Waals surface area contributed by atoms with Gasteiger partial charge < -0.3 is 5.32 Å². The first kappa shape index (κ1) is 18.5. The monoisotopic (exact) mass is 370 g/mol. The number of benzene rings is 3. The zero-order chi connectivity index (χ0) is 19.3. The van der Waals surface area contributed by atoms with Gasteiger partial charge in [-0.05, 0) is 55.0 Å². The number of rotatable bonds is 5. The van der Waals surface area contributed by atoms with Crippen LogP contribution in [0.3, 0.4) is 0 Å². The van der Waals surface area contributed by atoms with Crippen molar-refractivity contribution in [2.75, 3.05) is 5.32 Å². The molecule has 1 amide bonds. The van der Waals surface area contributed by atoms with Gasteiger partial charge in [0.2, 0.25) is 5.91 Å². The minimum absolute atomic E-state index is 0.0295. The van der Waals surface area contributed by atoms with Crippen LogP contribution in [0.15, 0.2) is 78.9 Å². The number of anilines is 1. The molecule has 3 aromatic rings. The molecule has 0 radical (unpaired) electrons. The molecule has 0 aliphatic heterocycles. The van der Waals surface area contributed by atoms with Gasteiger partial charge in [0, 0.05) is 11.7 Å². The molecule has 0 fully saturated rings. The van der Waals surface area contributed by atoms with Crippen LogP contribution in [0.4, 0.5) is 5.69 Å². The molecule has 1 aliphatic carbocycles. The standard InChI is InChI=1S/C25H26N2O/c1-18-14-16-21(17-15-18)26-25(28)24(20-9-3-2-4-10-20)27-23-13-7-11-19-8-5-6-12-22(19)23/h2-6,8-10,12,14-17,23-24,27H,7,11,13H2,1H3,(H,26,28)/t23-,24-/m1/s1. The molecular formula is C25H26N2O. The van der Waals surface area contributed by atoms with E-state index >= 15 is 0 Å². The molecular weight excluding hydrogens is 344 g/mol. The zero-order valence-electron chi connectivity index (χ0n) is 16.2. The third-order valence-corrected chi connectivity index (χ3v) is 5.45. The minimum atomic E-state index is -0.404. The summed E-state index contributed by atoms with van der Waals surface area (Å²) in [6, 6.07) is 26.2. The largest absolute Gasteiger partial charge is 0.324 e. The normalized spacial score (nSPS) is 16.8. The molecule has 1 aliphatic rings. The van der Waals surface area contributed by atoms with Gasteiger partial charge in [-0.15, -0.1) is 0 Å². The zero-order valence-corrected chi connectivity index (χ0v) is 16.2. The lowest BCUT2D eigenvalue weighted by atomic mass is 9.87. The Morgan fingerprint density at radius 1 is 0.929 bits per heavy atom. The molecule has 142 valence electrons. The lowest BCUT2D eigenvalue weighted by Crippen LogP contribution is -2.36. The van der Waals surface area contributed by atoms with E-state index in [0.717, 1.165) is 30.5 Å². The van der Waals surface area contributed by atoms with Crippen LogP contribution in [-0.4, -0.2) is 5.91 Å². The maximum absolute atomic E-state index is 13.2. The van der Waals surface area contributed by atoms with E-state index in [1.54, 1.807) is 0 Å². The third kappa shape index (κ3) is 4.15. The lowest BCUT2D eigenvalue weighted by molar-refractivity contribution is -0.118. The average molecular weight is 370 g/mol. The summed E-state index contributed by atoms with van der Waals surface area (Å²) < 4.78 is 0. The summed E-state index contributed by atoms with van der Waals surface area (Å²) in [5.41, 5.74) is 5.68. The Balaban J connectivity index is 1.60. The number of nitrogens with one attached hydrogen (secondary N) is 2. The molecule has 0 spiro atoms. The molecule has 4 rings (SSSR count). The van der Waals surface area contributed by atoms with Crippen LogP contribution >= 0.6 is 0 Å². The molecule has 0 saturated carbocycles. The van der Waals surface area contributed by atoms with Crippen molar-refractivity contribution >= 4 is 11.6 Å². The Kier molecular flexibility index (Phi) is 5.54. The van der Waals surface area contributed by atoms with Crippen molar-refractivity contribution in [3.63, 3.8) is 0 Å². The molecule has 2 N–H and O–H groups in total. The lowest BCUT2D eigenvalue weighted by Gasteiger charge is -2.30. The predicted molar refractivity (Wildman–Crippen MR) is 114 cm³/mol. The van der Waals surface area contributed by atoms with Gasteiger partial charge >= 0.3 is 0 Å². The maximum Gasteiger partial charge on any atom is 0.246 e. The summed E-state index contributed by atoms with van der Waals surface area (Å²) in [5.74, 6) is -0.0295. The van der Waals surface area contributed by atoms with Crippen LogP contribution in [0.2, 0.25) is 0 Å². The van der Waals surface area contributed by atoms with Crippen molar-refractivity contribution in [2.45, 2.75) is 38.3 Å². The quantitative estimate of drug-likeness (QED) is 0.636. The first-order chi connectivity index (χ1) is 13.7. The van der Waals surface area contributed by atoms with Crippen LogP contribution in [-0.2, 0) is 11.2 Å². The van der Waals surface area contributed by atoms with Gasteiger partial charge in [0.1, 0.15) is 6.04 Å². The SMILES string of the molecule is Cc1ccc(NC(=O)[C@H](N[C@@H]2CCCc3ccccc32)c2ccccc2)cc1. The van der Waals surface area contributed by atoms with E-state index in [-0.39, 0.29) is 11.9 Å². The molecule has 0 aromatic heterocycles. The molecule has 2 atom stereocenters. The molecule has 0 bridgehead atoms. The van der Waals surface area contributed by atoms with Gasteiger partial charge in [-0.3, -0.25) is 10.1 Å². The maximum atomic E-state index is 13.2.